The molecule has 1 aromatic heterocycles. The third-order valence-electron chi connectivity index (χ3n) is 3.81. The first kappa shape index (κ1) is 18.5. The Hall–Kier alpha value is -2.81. The molecular weight excluding hydrogens is 425 g/mol. The Morgan fingerprint density at radius 3 is 2.25 bits per heavy atom. The van der Waals surface area contributed by atoms with Crippen LogP contribution in [0.2, 0.25) is 10.0 Å². The van der Waals surface area contributed by atoms with Crippen molar-refractivity contribution < 1.29 is 17.7 Å². The number of benzene rings is 3. The molecule has 1 N–H and O–H groups in total. The average Bonchev–Trinajstić information content (AvgIpc) is 3.04. The van der Waals surface area contributed by atoms with Gasteiger partial charge < -0.3 is 9.29 Å². The van der Waals surface area contributed by atoms with E-state index in [-0.39, 0.29) is 22.1 Å². The summed E-state index contributed by atoms with van der Waals surface area (Å²) in [6.45, 7) is 0. The van der Waals surface area contributed by atoms with Gasteiger partial charge in [-0.05, 0) is 54.6 Å². The van der Waals surface area contributed by atoms with Crippen LogP contribution in [0.5, 0.6) is 11.5 Å². The number of aromatic nitrogens is 3. The van der Waals surface area contributed by atoms with E-state index in [4.69, 9.17) is 27.4 Å². The molecule has 7 nitrogen and oxygen atoms in total. The fourth-order valence-electron chi connectivity index (χ4n) is 2.50. The summed E-state index contributed by atoms with van der Waals surface area (Å²) in [6.07, 6.45) is 0. The summed E-state index contributed by atoms with van der Waals surface area (Å²) in [7, 11) is -4.07. The van der Waals surface area contributed by atoms with Gasteiger partial charge in [-0.25, -0.2) is 0 Å². The normalized spacial score (nSPS) is 11.6. The number of fused-ring (bicyclic) bond motifs is 1. The molecule has 0 radical (unpaired) electrons. The zero-order chi connectivity index (χ0) is 19.9. The van der Waals surface area contributed by atoms with Gasteiger partial charge in [0.2, 0.25) is 0 Å². The fourth-order valence-corrected chi connectivity index (χ4v) is 3.71. The second-order valence-corrected chi connectivity index (χ2v) is 8.18. The monoisotopic (exact) mass is 435 g/mol. The van der Waals surface area contributed by atoms with Gasteiger partial charge in [0.1, 0.15) is 33.1 Å². The van der Waals surface area contributed by atoms with Gasteiger partial charge >= 0.3 is 10.1 Å². The van der Waals surface area contributed by atoms with Gasteiger partial charge in [-0.1, -0.05) is 23.2 Å². The molecule has 3 aromatic carbocycles. The highest BCUT2D eigenvalue weighted by atomic mass is 35.5. The molecule has 28 heavy (non-hydrogen) atoms. The highest BCUT2D eigenvalue weighted by Gasteiger charge is 2.18. The SMILES string of the molecule is O=S(=O)(Oc1ccc(-n2nc3ccc(Cl)cc3n2)c(O)c1)c1ccc(Cl)cc1. The smallest absolute Gasteiger partial charge is 0.339 e. The fraction of sp³-hybridized carbons (Fsp3) is 0. The van der Waals surface area contributed by atoms with E-state index in [0.717, 1.165) is 0 Å². The third kappa shape index (κ3) is 3.62. The van der Waals surface area contributed by atoms with Crippen LogP contribution in [0.1, 0.15) is 0 Å². The quantitative estimate of drug-likeness (QED) is 0.482. The number of rotatable bonds is 4. The van der Waals surface area contributed by atoms with E-state index in [2.05, 4.69) is 10.2 Å². The molecule has 0 aliphatic rings. The molecule has 10 heteroatoms. The number of phenolic OH excluding ortho intramolecular Hbond substituents is 1. The molecule has 0 aliphatic carbocycles. The molecule has 1 heterocycles. The van der Waals surface area contributed by atoms with Gasteiger partial charge in [0.15, 0.2) is 0 Å². The third-order valence-corrected chi connectivity index (χ3v) is 5.56. The lowest BCUT2D eigenvalue weighted by Crippen LogP contribution is -2.09. The molecule has 0 bridgehead atoms. The number of halogens is 2. The Balaban J connectivity index is 1.64. The van der Waals surface area contributed by atoms with Gasteiger partial charge in [0.25, 0.3) is 0 Å². The van der Waals surface area contributed by atoms with E-state index < -0.39 is 10.1 Å². The molecule has 142 valence electrons. The Labute approximate surface area is 169 Å². The van der Waals surface area contributed by atoms with Crippen LogP contribution in [0.3, 0.4) is 0 Å². The van der Waals surface area contributed by atoms with Crippen molar-refractivity contribution in [3.63, 3.8) is 0 Å². The minimum absolute atomic E-state index is 0.0580. The molecule has 0 aliphatic heterocycles. The Kier molecular flexibility index (Phi) is 4.62. The first-order valence-electron chi connectivity index (χ1n) is 7.88. The van der Waals surface area contributed by atoms with Crippen molar-refractivity contribution in [3.8, 4) is 17.2 Å². The molecular formula is C18H11Cl2N3O4S. The highest BCUT2D eigenvalue weighted by molar-refractivity contribution is 7.87. The summed E-state index contributed by atoms with van der Waals surface area (Å²) in [5.74, 6) is -0.314. The van der Waals surface area contributed by atoms with Crippen molar-refractivity contribution in [3.05, 3.63) is 70.7 Å². The Morgan fingerprint density at radius 1 is 0.857 bits per heavy atom. The molecule has 0 fully saturated rings. The standard InChI is InChI=1S/C18H11Cl2N3O4S/c19-11-1-5-14(6-2-11)28(25,26)27-13-4-8-17(18(24)10-13)23-21-15-7-3-12(20)9-16(15)22-23/h1-10,24H. The van der Waals surface area contributed by atoms with Crippen molar-refractivity contribution in [2.24, 2.45) is 0 Å². The second kappa shape index (κ2) is 6.97. The van der Waals surface area contributed by atoms with E-state index in [9.17, 15) is 13.5 Å². The molecule has 0 saturated carbocycles. The zero-order valence-electron chi connectivity index (χ0n) is 14.0. The first-order chi connectivity index (χ1) is 13.3. The van der Waals surface area contributed by atoms with Crippen LogP contribution in [0.25, 0.3) is 16.7 Å². The van der Waals surface area contributed by atoms with Crippen LogP contribution in [-0.4, -0.2) is 28.5 Å². The van der Waals surface area contributed by atoms with E-state index in [1.807, 2.05) is 0 Å². The van der Waals surface area contributed by atoms with Crippen molar-refractivity contribution >= 4 is 44.4 Å². The number of nitrogens with zero attached hydrogens (tertiary/aromatic N) is 3. The van der Waals surface area contributed by atoms with Crippen LogP contribution in [-0.2, 0) is 10.1 Å². The van der Waals surface area contributed by atoms with E-state index >= 15 is 0 Å². The molecule has 4 rings (SSSR count). The first-order valence-corrected chi connectivity index (χ1v) is 10.0. The van der Waals surface area contributed by atoms with E-state index in [1.165, 1.54) is 47.3 Å². The Morgan fingerprint density at radius 2 is 1.54 bits per heavy atom. The van der Waals surface area contributed by atoms with Gasteiger partial charge in [-0.2, -0.15) is 8.42 Å². The van der Waals surface area contributed by atoms with Crippen molar-refractivity contribution in [1.82, 2.24) is 15.0 Å². The topological polar surface area (TPSA) is 94.3 Å². The second-order valence-electron chi connectivity index (χ2n) is 5.76. The lowest BCUT2D eigenvalue weighted by molar-refractivity contribution is 0.458. The minimum Gasteiger partial charge on any atom is -0.505 e. The summed E-state index contributed by atoms with van der Waals surface area (Å²) < 4.78 is 29.8. The summed E-state index contributed by atoms with van der Waals surface area (Å²) >= 11 is 11.7. The minimum atomic E-state index is -4.07. The molecule has 0 saturated heterocycles. The number of aromatic hydroxyl groups is 1. The zero-order valence-corrected chi connectivity index (χ0v) is 16.3. The summed E-state index contributed by atoms with van der Waals surface area (Å²) in [5.41, 5.74) is 1.40. The number of hydrogen-bond donors (Lipinski definition) is 1. The largest absolute Gasteiger partial charge is 0.505 e. The number of hydrogen-bond acceptors (Lipinski definition) is 6. The van der Waals surface area contributed by atoms with Gasteiger partial charge in [-0.15, -0.1) is 15.0 Å². The van der Waals surface area contributed by atoms with Crippen LogP contribution in [0.15, 0.2) is 65.6 Å². The maximum Gasteiger partial charge on any atom is 0.339 e. The van der Waals surface area contributed by atoms with Crippen molar-refractivity contribution in [2.45, 2.75) is 4.90 Å². The van der Waals surface area contributed by atoms with E-state index in [0.29, 0.717) is 21.1 Å². The molecule has 0 spiro atoms. The molecule has 4 aromatic rings. The molecule has 0 amide bonds. The highest BCUT2D eigenvalue weighted by Crippen LogP contribution is 2.29. The van der Waals surface area contributed by atoms with Crippen LogP contribution in [0, 0.1) is 0 Å². The van der Waals surface area contributed by atoms with Gasteiger partial charge in [0, 0.05) is 16.1 Å². The molecule has 0 atom stereocenters. The van der Waals surface area contributed by atoms with Gasteiger partial charge in [-0.3, -0.25) is 0 Å². The van der Waals surface area contributed by atoms with Gasteiger partial charge in [0.05, 0.1) is 0 Å². The lowest BCUT2D eigenvalue weighted by Gasteiger charge is -2.09. The van der Waals surface area contributed by atoms with Crippen molar-refractivity contribution in [1.29, 1.82) is 0 Å². The van der Waals surface area contributed by atoms with Crippen LogP contribution < -0.4 is 4.18 Å². The maximum absolute atomic E-state index is 12.3. The summed E-state index contributed by atoms with van der Waals surface area (Å²) in [6, 6.07) is 14.6. The predicted octanol–water partition coefficient (Wildman–Crippen LogP) is 4.20. The maximum atomic E-state index is 12.3. The van der Waals surface area contributed by atoms with Crippen LogP contribution >= 0.6 is 23.2 Å². The molecule has 0 unspecified atom stereocenters. The van der Waals surface area contributed by atoms with Crippen LogP contribution in [0.4, 0.5) is 0 Å². The average molecular weight is 436 g/mol. The van der Waals surface area contributed by atoms with E-state index in [1.54, 1.807) is 18.2 Å². The number of phenols is 1. The Bertz CT molecular complexity index is 1290. The summed E-state index contributed by atoms with van der Waals surface area (Å²) in [4.78, 5) is 1.17. The van der Waals surface area contributed by atoms with Crippen molar-refractivity contribution in [2.75, 3.05) is 0 Å². The lowest BCUT2D eigenvalue weighted by atomic mass is 10.3. The predicted molar refractivity (Wildman–Crippen MR) is 105 cm³/mol. The summed E-state index contributed by atoms with van der Waals surface area (Å²) in [5, 5.41) is 19.7.